The maximum atomic E-state index is 13.7. The van der Waals surface area contributed by atoms with Crippen molar-refractivity contribution in [3.05, 3.63) is 105 Å². The molecule has 7 heteroatoms. The number of hydrogen-bond acceptors (Lipinski definition) is 3. The number of nitrogens with zero attached hydrogens (tertiary/aromatic N) is 1. The summed E-state index contributed by atoms with van der Waals surface area (Å²) in [4.78, 5) is 28.9. The van der Waals surface area contributed by atoms with Crippen molar-refractivity contribution in [3.8, 4) is 0 Å². The van der Waals surface area contributed by atoms with Gasteiger partial charge in [-0.3, -0.25) is 9.59 Å². The summed E-state index contributed by atoms with van der Waals surface area (Å²) >= 11 is 13.7. The second kappa shape index (κ2) is 14.5. The molecule has 2 amide bonds. The van der Waals surface area contributed by atoms with Crippen molar-refractivity contribution < 1.29 is 9.59 Å². The molecular formula is C30H34Cl2N2O2S. The molecule has 4 nitrogen and oxygen atoms in total. The summed E-state index contributed by atoms with van der Waals surface area (Å²) in [6, 6.07) is 22.8. The highest BCUT2D eigenvalue weighted by Gasteiger charge is 2.30. The number of hydrogen-bond donors (Lipinski definition) is 1. The maximum Gasteiger partial charge on any atom is 0.243 e. The van der Waals surface area contributed by atoms with E-state index in [0.717, 1.165) is 22.3 Å². The van der Waals surface area contributed by atoms with Crippen LogP contribution in [-0.4, -0.2) is 35.1 Å². The Morgan fingerprint density at radius 3 is 2.22 bits per heavy atom. The van der Waals surface area contributed by atoms with E-state index in [1.807, 2.05) is 73.7 Å². The lowest BCUT2D eigenvalue weighted by Crippen LogP contribution is -2.51. The minimum absolute atomic E-state index is 0.0775. The van der Waals surface area contributed by atoms with Gasteiger partial charge in [-0.2, -0.15) is 0 Å². The average molecular weight is 558 g/mol. The molecule has 0 bridgehead atoms. The van der Waals surface area contributed by atoms with Gasteiger partial charge in [-0.15, -0.1) is 11.8 Å². The predicted molar refractivity (Wildman–Crippen MR) is 156 cm³/mol. The first-order chi connectivity index (χ1) is 17.7. The van der Waals surface area contributed by atoms with Crippen molar-refractivity contribution in [2.24, 2.45) is 5.92 Å². The first-order valence-corrected chi connectivity index (χ1v) is 14.3. The van der Waals surface area contributed by atoms with Crippen molar-refractivity contribution in [3.63, 3.8) is 0 Å². The van der Waals surface area contributed by atoms with Crippen LogP contribution in [0, 0.1) is 12.8 Å². The first-order valence-electron chi connectivity index (χ1n) is 12.4. The zero-order valence-corrected chi connectivity index (χ0v) is 23.9. The number of halogens is 2. The molecule has 0 saturated carbocycles. The molecule has 3 rings (SSSR count). The molecule has 0 aromatic heterocycles. The van der Waals surface area contributed by atoms with Crippen molar-refractivity contribution in [2.45, 2.75) is 45.5 Å². The van der Waals surface area contributed by atoms with Crippen LogP contribution in [0.4, 0.5) is 0 Å². The zero-order chi connectivity index (χ0) is 26.8. The number of nitrogens with one attached hydrogen (secondary N) is 1. The van der Waals surface area contributed by atoms with Crippen LogP contribution in [0.5, 0.6) is 0 Å². The summed E-state index contributed by atoms with van der Waals surface area (Å²) in [5, 5.41) is 4.06. The quantitative estimate of drug-likeness (QED) is 0.262. The lowest BCUT2D eigenvalue weighted by Gasteiger charge is -2.32. The van der Waals surface area contributed by atoms with Crippen LogP contribution < -0.4 is 5.32 Å². The highest BCUT2D eigenvalue weighted by atomic mass is 35.5. The van der Waals surface area contributed by atoms with Crippen molar-refractivity contribution in [1.29, 1.82) is 0 Å². The van der Waals surface area contributed by atoms with E-state index in [4.69, 9.17) is 23.2 Å². The smallest absolute Gasteiger partial charge is 0.243 e. The van der Waals surface area contributed by atoms with Crippen molar-refractivity contribution in [2.75, 3.05) is 12.3 Å². The van der Waals surface area contributed by atoms with Gasteiger partial charge in [0.05, 0.1) is 15.8 Å². The Morgan fingerprint density at radius 1 is 0.892 bits per heavy atom. The predicted octanol–water partition coefficient (Wildman–Crippen LogP) is 6.95. The summed E-state index contributed by atoms with van der Waals surface area (Å²) in [6.45, 7) is 7.06. The molecule has 1 N–H and O–H groups in total. The monoisotopic (exact) mass is 556 g/mol. The van der Waals surface area contributed by atoms with E-state index in [2.05, 4.69) is 19.2 Å². The Labute approximate surface area is 234 Å². The lowest BCUT2D eigenvalue weighted by molar-refractivity contribution is -0.139. The molecule has 0 heterocycles. The fourth-order valence-electron chi connectivity index (χ4n) is 3.84. The molecule has 0 fully saturated rings. The Balaban J connectivity index is 1.83. The van der Waals surface area contributed by atoms with Gasteiger partial charge in [-0.05, 0) is 41.7 Å². The van der Waals surface area contributed by atoms with Crippen molar-refractivity contribution >= 4 is 46.8 Å². The Kier molecular flexibility index (Phi) is 11.4. The van der Waals surface area contributed by atoms with E-state index in [-0.39, 0.29) is 17.6 Å². The molecule has 3 aromatic carbocycles. The van der Waals surface area contributed by atoms with Crippen LogP contribution in [0.15, 0.2) is 72.8 Å². The van der Waals surface area contributed by atoms with Gasteiger partial charge < -0.3 is 10.2 Å². The zero-order valence-electron chi connectivity index (χ0n) is 21.5. The number of rotatable bonds is 12. The minimum atomic E-state index is -0.625. The topological polar surface area (TPSA) is 49.4 Å². The molecule has 0 saturated heterocycles. The molecule has 0 aliphatic heterocycles. The Hall–Kier alpha value is -2.47. The summed E-state index contributed by atoms with van der Waals surface area (Å²) in [6.07, 6.45) is 0.444. The average Bonchev–Trinajstić information content (AvgIpc) is 2.88. The Bertz CT molecular complexity index is 1170. The third-order valence-corrected chi connectivity index (χ3v) is 7.63. The van der Waals surface area contributed by atoms with Crippen LogP contribution >= 0.6 is 35.0 Å². The van der Waals surface area contributed by atoms with E-state index >= 15 is 0 Å². The SMILES string of the molecule is Cc1ccc(CN(C(=O)CSCc2ccc(Cl)c(Cl)c2)[C@@H](Cc2ccccc2)C(=O)NCC(C)C)cc1. The fourth-order valence-corrected chi connectivity index (χ4v) is 5.01. The lowest BCUT2D eigenvalue weighted by atomic mass is 10.0. The number of benzene rings is 3. The van der Waals surface area contributed by atoms with Crippen LogP contribution in [0.1, 0.15) is 36.1 Å². The van der Waals surface area contributed by atoms with Gasteiger partial charge in [0.25, 0.3) is 0 Å². The Morgan fingerprint density at radius 2 is 1.57 bits per heavy atom. The summed E-state index contributed by atoms with van der Waals surface area (Å²) < 4.78 is 0. The van der Waals surface area contributed by atoms with Gasteiger partial charge in [-0.1, -0.05) is 103 Å². The normalized spacial score (nSPS) is 11.8. The minimum Gasteiger partial charge on any atom is -0.354 e. The van der Waals surface area contributed by atoms with Gasteiger partial charge in [-0.25, -0.2) is 0 Å². The highest BCUT2D eigenvalue weighted by molar-refractivity contribution is 7.99. The molecule has 0 aliphatic carbocycles. The van der Waals surface area contributed by atoms with Crippen LogP contribution in [-0.2, 0) is 28.3 Å². The standard InChI is InChI=1S/C30H34Cl2N2O2S/c1-21(2)17-33-30(36)28(16-23-7-5-4-6-8-23)34(18-24-11-9-22(3)10-12-24)29(35)20-37-19-25-13-14-26(31)27(32)15-25/h4-15,21,28H,16-20H2,1-3H3,(H,33,36)/t28-/m0/s1. The third kappa shape index (κ3) is 9.41. The molecule has 3 aromatic rings. The molecule has 0 radical (unpaired) electrons. The van der Waals surface area contributed by atoms with Gasteiger partial charge in [0.1, 0.15) is 6.04 Å². The molecule has 0 spiro atoms. The summed E-state index contributed by atoms with van der Waals surface area (Å²) in [5.74, 6) is 0.960. The number of thioether (sulfide) groups is 1. The van der Waals surface area contributed by atoms with Gasteiger partial charge in [0.2, 0.25) is 11.8 Å². The van der Waals surface area contributed by atoms with Gasteiger partial charge >= 0.3 is 0 Å². The molecule has 0 unspecified atom stereocenters. The third-order valence-electron chi connectivity index (χ3n) is 5.91. The second-order valence-electron chi connectivity index (χ2n) is 9.59. The molecule has 37 heavy (non-hydrogen) atoms. The van der Waals surface area contributed by atoms with Crippen LogP contribution in [0.3, 0.4) is 0 Å². The van der Waals surface area contributed by atoms with Gasteiger partial charge in [0, 0.05) is 25.3 Å². The van der Waals surface area contributed by atoms with E-state index in [1.165, 1.54) is 11.8 Å². The van der Waals surface area contributed by atoms with E-state index in [0.29, 0.717) is 41.2 Å². The second-order valence-corrected chi connectivity index (χ2v) is 11.4. The number of amides is 2. The summed E-state index contributed by atoms with van der Waals surface area (Å²) in [7, 11) is 0. The number of carbonyl (C=O) groups is 2. The molecule has 1 atom stereocenters. The fraction of sp³-hybridized carbons (Fsp3) is 0.333. The summed E-state index contributed by atoms with van der Waals surface area (Å²) in [5.41, 5.74) is 4.14. The van der Waals surface area contributed by atoms with Gasteiger partial charge in [0.15, 0.2) is 0 Å². The number of aryl methyl sites for hydroxylation is 1. The van der Waals surface area contributed by atoms with E-state index in [9.17, 15) is 9.59 Å². The molecular weight excluding hydrogens is 523 g/mol. The van der Waals surface area contributed by atoms with E-state index < -0.39 is 6.04 Å². The number of carbonyl (C=O) groups excluding carboxylic acids is 2. The first kappa shape index (κ1) is 29.1. The largest absolute Gasteiger partial charge is 0.354 e. The molecule has 196 valence electrons. The highest BCUT2D eigenvalue weighted by Crippen LogP contribution is 2.25. The van der Waals surface area contributed by atoms with E-state index in [1.54, 1.807) is 11.0 Å². The maximum absolute atomic E-state index is 13.7. The van der Waals surface area contributed by atoms with Crippen LogP contribution in [0.25, 0.3) is 0 Å². The van der Waals surface area contributed by atoms with Crippen LogP contribution in [0.2, 0.25) is 10.0 Å². The molecule has 0 aliphatic rings. The van der Waals surface area contributed by atoms with Crippen molar-refractivity contribution in [1.82, 2.24) is 10.2 Å².